The highest BCUT2D eigenvalue weighted by atomic mass is 16.5. The first-order chi connectivity index (χ1) is 10.3. The quantitative estimate of drug-likeness (QED) is 0.881. The number of ether oxygens (including phenoxy) is 1. The molecule has 1 amide bonds. The SMILES string of the molecule is O=C(Nc1ccccc1)c1cc(CO[C@H]2CCCN2)no1. The van der Waals surface area contributed by atoms with E-state index in [1.54, 1.807) is 6.07 Å². The molecule has 0 unspecified atom stereocenters. The Bertz CT molecular complexity index is 591. The third-order valence-corrected chi connectivity index (χ3v) is 3.26. The second-order valence-electron chi connectivity index (χ2n) is 4.90. The lowest BCUT2D eigenvalue weighted by atomic mass is 10.3. The zero-order valence-corrected chi connectivity index (χ0v) is 11.5. The first-order valence-corrected chi connectivity index (χ1v) is 6.98. The van der Waals surface area contributed by atoms with Gasteiger partial charge in [-0.1, -0.05) is 23.4 Å². The van der Waals surface area contributed by atoms with E-state index >= 15 is 0 Å². The van der Waals surface area contributed by atoms with Crippen molar-refractivity contribution in [2.45, 2.75) is 25.7 Å². The van der Waals surface area contributed by atoms with Crippen molar-refractivity contribution in [1.29, 1.82) is 0 Å². The van der Waals surface area contributed by atoms with Crippen LogP contribution in [0.3, 0.4) is 0 Å². The third kappa shape index (κ3) is 3.68. The Hall–Kier alpha value is -2.18. The van der Waals surface area contributed by atoms with Crippen molar-refractivity contribution >= 4 is 11.6 Å². The molecule has 1 fully saturated rings. The molecule has 2 N–H and O–H groups in total. The number of carbonyl (C=O) groups excluding carboxylic acids is 1. The van der Waals surface area contributed by atoms with Crippen LogP contribution in [0.5, 0.6) is 0 Å². The van der Waals surface area contributed by atoms with Crippen LogP contribution < -0.4 is 10.6 Å². The molecule has 0 aliphatic carbocycles. The number of anilines is 1. The molecule has 1 aromatic heterocycles. The van der Waals surface area contributed by atoms with Gasteiger partial charge in [-0.2, -0.15) is 0 Å². The maximum absolute atomic E-state index is 12.0. The average molecular weight is 287 g/mol. The second-order valence-corrected chi connectivity index (χ2v) is 4.90. The Morgan fingerprint density at radius 1 is 1.43 bits per heavy atom. The summed E-state index contributed by atoms with van der Waals surface area (Å²) >= 11 is 0. The Morgan fingerprint density at radius 2 is 2.29 bits per heavy atom. The van der Waals surface area contributed by atoms with E-state index in [9.17, 15) is 4.79 Å². The number of nitrogens with zero attached hydrogens (tertiary/aromatic N) is 1. The van der Waals surface area contributed by atoms with Crippen molar-refractivity contribution < 1.29 is 14.1 Å². The standard InChI is InChI=1S/C15H17N3O3/c19-15(17-11-5-2-1-3-6-11)13-9-12(18-21-13)10-20-14-7-4-8-16-14/h1-3,5-6,9,14,16H,4,7-8,10H2,(H,17,19)/t14-/m0/s1. The van der Waals surface area contributed by atoms with Crippen LogP contribution >= 0.6 is 0 Å². The first kappa shape index (κ1) is 13.8. The molecule has 110 valence electrons. The summed E-state index contributed by atoms with van der Waals surface area (Å²) in [4.78, 5) is 12.0. The van der Waals surface area contributed by atoms with Gasteiger partial charge in [-0.25, -0.2) is 0 Å². The molecule has 0 radical (unpaired) electrons. The molecule has 6 heteroatoms. The highest BCUT2D eigenvalue weighted by Crippen LogP contribution is 2.12. The van der Waals surface area contributed by atoms with Gasteiger partial charge >= 0.3 is 0 Å². The van der Waals surface area contributed by atoms with Crippen LogP contribution in [0.4, 0.5) is 5.69 Å². The zero-order chi connectivity index (χ0) is 14.5. The summed E-state index contributed by atoms with van der Waals surface area (Å²) < 4.78 is 10.7. The lowest BCUT2D eigenvalue weighted by Gasteiger charge is -2.09. The van der Waals surface area contributed by atoms with E-state index < -0.39 is 0 Å². The molecule has 1 atom stereocenters. The van der Waals surface area contributed by atoms with E-state index in [0.29, 0.717) is 18.0 Å². The van der Waals surface area contributed by atoms with Crippen molar-refractivity contribution in [3.8, 4) is 0 Å². The van der Waals surface area contributed by atoms with Crippen LogP contribution in [0, 0.1) is 0 Å². The highest BCUT2D eigenvalue weighted by molar-refractivity contribution is 6.02. The Morgan fingerprint density at radius 3 is 3.05 bits per heavy atom. The Labute approximate surface area is 122 Å². The minimum Gasteiger partial charge on any atom is -0.357 e. The molecular formula is C15H17N3O3. The predicted octanol–water partition coefficient (Wildman–Crippen LogP) is 2.15. The molecule has 0 spiro atoms. The topological polar surface area (TPSA) is 76.4 Å². The maximum Gasteiger partial charge on any atom is 0.294 e. The fraction of sp³-hybridized carbons (Fsp3) is 0.333. The van der Waals surface area contributed by atoms with E-state index in [4.69, 9.17) is 9.26 Å². The van der Waals surface area contributed by atoms with Gasteiger partial charge in [0.25, 0.3) is 5.91 Å². The molecule has 0 bridgehead atoms. The van der Waals surface area contributed by atoms with E-state index in [2.05, 4.69) is 15.8 Å². The molecule has 1 aliphatic rings. The summed E-state index contributed by atoms with van der Waals surface area (Å²) in [6, 6.07) is 10.8. The fourth-order valence-corrected chi connectivity index (χ4v) is 2.18. The van der Waals surface area contributed by atoms with Crippen LogP contribution in [0.15, 0.2) is 40.9 Å². The van der Waals surface area contributed by atoms with E-state index in [1.807, 2.05) is 30.3 Å². The van der Waals surface area contributed by atoms with Gasteiger partial charge in [0.05, 0.1) is 6.61 Å². The molecule has 21 heavy (non-hydrogen) atoms. The molecule has 1 saturated heterocycles. The maximum atomic E-state index is 12.0. The molecule has 2 heterocycles. The van der Waals surface area contributed by atoms with E-state index in [-0.39, 0.29) is 17.9 Å². The lowest BCUT2D eigenvalue weighted by molar-refractivity contribution is 0.0281. The molecule has 3 rings (SSSR count). The van der Waals surface area contributed by atoms with E-state index in [1.165, 1.54) is 0 Å². The van der Waals surface area contributed by atoms with Crippen LogP contribution in [0.25, 0.3) is 0 Å². The smallest absolute Gasteiger partial charge is 0.294 e. The molecule has 1 aromatic carbocycles. The zero-order valence-electron chi connectivity index (χ0n) is 11.5. The van der Waals surface area contributed by atoms with Crippen LogP contribution in [-0.4, -0.2) is 23.8 Å². The number of para-hydroxylation sites is 1. The van der Waals surface area contributed by atoms with Gasteiger partial charge in [0.1, 0.15) is 11.9 Å². The normalized spacial score (nSPS) is 17.8. The van der Waals surface area contributed by atoms with Gasteiger partial charge in [-0.3, -0.25) is 10.1 Å². The predicted molar refractivity (Wildman–Crippen MR) is 76.7 cm³/mol. The molecular weight excluding hydrogens is 270 g/mol. The number of hydrogen-bond donors (Lipinski definition) is 2. The van der Waals surface area contributed by atoms with Crippen molar-refractivity contribution in [2.24, 2.45) is 0 Å². The molecule has 6 nitrogen and oxygen atoms in total. The monoisotopic (exact) mass is 287 g/mol. The summed E-state index contributed by atoms with van der Waals surface area (Å²) in [5, 5.41) is 9.82. The lowest BCUT2D eigenvalue weighted by Crippen LogP contribution is -2.24. The Kier molecular flexibility index (Phi) is 4.28. The fourth-order valence-electron chi connectivity index (χ4n) is 2.18. The summed E-state index contributed by atoms with van der Waals surface area (Å²) in [5.41, 5.74) is 1.33. The number of amides is 1. The molecule has 2 aromatic rings. The van der Waals surface area contributed by atoms with Gasteiger partial charge in [0, 0.05) is 11.8 Å². The van der Waals surface area contributed by atoms with Crippen molar-refractivity contribution in [1.82, 2.24) is 10.5 Å². The van der Waals surface area contributed by atoms with Crippen LogP contribution in [0.1, 0.15) is 29.1 Å². The van der Waals surface area contributed by atoms with Gasteiger partial charge in [0.2, 0.25) is 5.76 Å². The van der Waals surface area contributed by atoms with Gasteiger partial charge in [-0.05, 0) is 31.5 Å². The number of nitrogens with one attached hydrogen (secondary N) is 2. The second kappa shape index (κ2) is 6.51. The summed E-state index contributed by atoms with van der Waals surface area (Å²) in [7, 11) is 0. The van der Waals surface area contributed by atoms with Crippen molar-refractivity contribution in [2.75, 3.05) is 11.9 Å². The molecule has 0 saturated carbocycles. The largest absolute Gasteiger partial charge is 0.357 e. The van der Waals surface area contributed by atoms with Gasteiger partial charge in [-0.15, -0.1) is 0 Å². The van der Waals surface area contributed by atoms with E-state index in [0.717, 1.165) is 19.4 Å². The first-order valence-electron chi connectivity index (χ1n) is 6.98. The minimum atomic E-state index is -0.320. The minimum absolute atomic E-state index is 0.0725. The van der Waals surface area contributed by atoms with Crippen LogP contribution in [0.2, 0.25) is 0 Å². The third-order valence-electron chi connectivity index (χ3n) is 3.26. The number of benzene rings is 1. The summed E-state index contributed by atoms with van der Waals surface area (Å²) in [6.07, 6.45) is 2.19. The number of rotatable bonds is 5. The van der Waals surface area contributed by atoms with Gasteiger partial charge in [0.15, 0.2) is 0 Å². The number of hydrogen-bond acceptors (Lipinski definition) is 5. The molecule has 1 aliphatic heterocycles. The average Bonchev–Trinajstić information content (AvgIpc) is 3.18. The van der Waals surface area contributed by atoms with Gasteiger partial charge < -0.3 is 14.6 Å². The van der Waals surface area contributed by atoms with Crippen LogP contribution in [-0.2, 0) is 11.3 Å². The van der Waals surface area contributed by atoms with Crippen molar-refractivity contribution in [3.05, 3.63) is 47.9 Å². The summed E-state index contributed by atoms with van der Waals surface area (Å²) in [6.45, 7) is 1.31. The highest BCUT2D eigenvalue weighted by Gasteiger charge is 2.17. The number of carbonyl (C=O) groups is 1. The van der Waals surface area contributed by atoms with Crippen molar-refractivity contribution in [3.63, 3.8) is 0 Å². The Balaban J connectivity index is 1.55. The summed E-state index contributed by atoms with van der Waals surface area (Å²) in [5.74, 6) is -0.143. The number of aromatic nitrogens is 1.